The Morgan fingerprint density at radius 2 is 1.79 bits per heavy atom. The molecule has 1 aromatic carbocycles. The van der Waals surface area contributed by atoms with E-state index in [1.165, 1.54) is 6.92 Å². The molecule has 0 spiro atoms. The van der Waals surface area contributed by atoms with Crippen molar-refractivity contribution < 1.29 is 9.59 Å². The third-order valence-electron chi connectivity index (χ3n) is 3.01. The van der Waals surface area contributed by atoms with Gasteiger partial charge in [0.2, 0.25) is 0 Å². The van der Waals surface area contributed by atoms with Gasteiger partial charge in [-0.1, -0.05) is 24.3 Å². The van der Waals surface area contributed by atoms with Crippen LogP contribution in [0.4, 0.5) is 0 Å². The molecular formula is C15H16N2O2. The Morgan fingerprint density at radius 1 is 1.16 bits per heavy atom. The number of carbonyl (C=O) groups is 2. The van der Waals surface area contributed by atoms with E-state index in [1.54, 1.807) is 12.3 Å². The summed E-state index contributed by atoms with van der Waals surface area (Å²) in [7, 11) is 0. The maximum absolute atomic E-state index is 12.0. The molecule has 4 nitrogen and oxygen atoms in total. The van der Waals surface area contributed by atoms with Crippen molar-refractivity contribution in [2.24, 2.45) is 5.73 Å². The van der Waals surface area contributed by atoms with E-state index in [2.05, 4.69) is 4.98 Å². The van der Waals surface area contributed by atoms with Gasteiger partial charge in [-0.05, 0) is 24.1 Å². The van der Waals surface area contributed by atoms with Crippen molar-refractivity contribution in [3.05, 3.63) is 58.9 Å². The highest BCUT2D eigenvalue weighted by Crippen LogP contribution is 2.10. The van der Waals surface area contributed by atoms with Crippen molar-refractivity contribution in [3.8, 4) is 0 Å². The quantitative estimate of drug-likeness (QED) is 0.804. The zero-order chi connectivity index (χ0) is 13.8. The molecule has 0 atom stereocenters. The van der Waals surface area contributed by atoms with Crippen molar-refractivity contribution in [2.75, 3.05) is 0 Å². The molecule has 0 saturated heterocycles. The molecule has 4 heteroatoms. The van der Waals surface area contributed by atoms with Gasteiger partial charge in [-0.15, -0.1) is 0 Å². The summed E-state index contributed by atoms with van der Waals surface area (Å²) in [5.41, 5.74) is 8.48. The normalized spacial score (nSPS) is 10.4. The minimum absolute atomic E-state index is 0.0343. The van der Waals surface area contributed by atoms with E-state index >= 15 is 0 Å². The highest BCUT2D eigenvalue weighted by Gasteiger charge is 2.11. The molecule has 0 aliphatic rings. The monoisotopic (exact) mass is 256 g/mol. The van der Waals surface area contributed by atoms with Gasteiger partial charge in [0.1, 0.15) is 0 Å². The topological polar surface area (TPSA) is 76.0 Å². The second-order valence-electron chi connectivity index (χ2n) is 4.48. The van der Waals surface area contributed by atoms with Gasteiger partial charge in [0.15, 0.2) is 11.6 Å². The van der Waals surface area contributed by atoms with Crippen LogP contribution in [0.2, 0.25) is 0 Å². The largest absolute Gasteiger partial charge is 0.358 e. The Hall–Kier alpha value is -2.20. The molecule has 0 amide bonds. The number of nitrogens with one attached hydrogen (secondary N) is 1. The number of H-pyrrole nitrogens is 1. The third-order valence-corrected chi connectivity index (χ3v) is 3.01. The average Bonchev–Trinajstić information content (AvgIpc) is 2.89. The molecule has 3 N–H and O–H groups in total. The molecule has 0 fully saturated rings. The fourth-order valence-corrected chi connectivity index (χ4v) is 1.83. The first-order chi connectivity index (χ1) is 9.10. The number of nitrogens with two attached hydrogens (primary N) is 1. The van der Waals surface area contributed by atoms with Crippen LogP contribution in [0, 0.1) is 0 Å². The van der Waals surface area contributed by atoms with Gasteiger partial charge >= 0.3 is 0 Å². The molecule has 2 rings (SSSR count). The predicted molar refractivity (Wildman–Crippen MR) is 73.2 cm³/mol. The lowest BCUT2D eigenvalue weighted by molar-refractivity contribution is 0.0988. The molecule has 0 unspecified atom stereocenters. The molecule has 19 heavy (non-hydrogen) atoms. The van der Waals surface area contributed by atoms with Gasteiger partial charge in [0, 0.05) is 24.7 Å². The molecule has 0 aliphatic heterocycles. The maximum Gasteiger partial charge on any atom is 0.183 e. The van der Waals surface area contributed by atoms with Crippen molar-refractivity contribution >= 4 is 11.6 Å². The van der Waals surface area contributed by atoms with E-state index in [-0.39, 0.29) is 11.6 Å². The predicted octanol–water partition coefficient (Wildman–Crippen LogP) is 2.10. The molecule has 0 saturated carbocycles. The Balaban J connectivity index is 2.08. The minimum atomic E-state index is -0.0531. The van der Waals surface area contributed by atoms with E-state index < -0.39 is 0 Å². The molecule has 98 valence electrons. The lowest BCUT2D eigenvalue weighted by Gasteiger charge is -2.01. The number of hydrogen-bond donors (Lipinski definition) is 2. The summed E-state index contributed by atoms with van der Waals surface area (Å²) in [6, 6.07) is 9.22. The Kier molecular flexibility index (Phi) is 3.92. The number of aromatic nitrogens is 1. The van der Waals surface area contributed by atoms with Gasteiger partial charge in [0.05, 0.1) is 5.69 Å². The van der Waals surface area contributed by atoms with Crippen LogP contribution in [0.1, 0.15) is 38.9 Å². The molecule has 0 radical (unpaired) electrons. The van der Waals surface area contributed by atoms with Crippen LogP contribution in [0.15, 0.2) is 36.5 Å². The first kappa shape index (κ1) is 13.2. The Morgan fingerprint density at radius 3 is 2.32 bits per heavy atom. The zero-order valence-corrected chi connectivity index (χ0v) is 10.8. The Labute approximate surface area is 111 Å². The number of benzene rings is 1. The molecule has 0 bridgehead atoms. The first-order valence-electron chi connectivity index (χ1n) is 6.10. The number of carbonyl (C=O) groups excluding carboxylic acids is 2. The van der Waals surface area contributed by atoms with Crippen LogP contribution >= 0.6 is 0 Å². The third kappa shape index (κ3) is 3.17. The molecule has 1 heterocycles. The average molecular weight is 256 g/mol. The second-order valence-corrected chi connectivity index (χ2v) is 4.48. The summed E-state index contributed by atoms with van der Waals surface area (Å²) in [5, 5.41) is 0. The lowest BCUT2D eigenvalue weighted by Crippen LogP contribution is -2.04. The summed E-state index contributed by atoms with van der Waals surface area (Å²) in [4.78, 5) is 26.0. The van der Waals surface area contributed by atoms with Gasteiger partial charge in [-0.2, -0.15) is 0 Å². The van der Waals surface area contributed by atoms with E-state index in [0.29, 0.717) is 24.2 Å². The van der Waals surface area contributed by atoms with Crippen molar-refractivity contribution in [2.45, 2.75) is 19.9 Å². The number of Topliss-reactive ketones (excluding diaryl/α,β-unsaturated/α-hetero) is 2. The van der Waals surface area contributed by atoms with E-state index in [1.807, 2.05) is 24.3 Å². The summed E-state index contributed by atoms with van der Waals surface area (Å²) in [6.45, 7) is 1.97. The van der Waals surface area contributed by atoms with Crippen molar-refractivity contribution in [1.82, 2.24) is 4.98 Å². The van der Waals surface area contributed by atoms with Crippen LogP contribution in [0.3, 0.4) is 0 Å². The molecular weight excluding hydrogens is 240 g/mol. The number of ketones is 2. The van der Waals surface area contributed by atoms with Crippen molar-refractivity contribution in [1.29, 1.82) is 0 Å². The fourth-order valence-electron chi connectivity index (χ4n) is 1.83. The Bertz CT molecular complexity index is 597. The van der Waals surface area contributed by atoms with Crippen LogP contribution in [-0.2, 0) is 13.0 Å². The summed E-state index contributed by atoms with van der Waals surface area (Å²) in [5.74, 6) is -0.0874. The van der Waals surface area contributed by atoms with Crippen molar-refractivity contribution in [3.63, 3.8) is 0 Å². The zero-order valence-electron chi connectivity index (χ0n) is 10.8. The molecule has 0 aliphatic carbocycles. The van der Waals surface area contributed by atoms with E-state index in [4.69, 9.17) is 5.73 Å². The fraction of sp³-hybridized carbons (Fsp3) is 0.200. The van der Waals surface area contributed by atoms with E-state index in [9.17, 15) is 9.59 Å². The van der Waals surface area contributed by atoms with Crippen LogP contribution in [0.5, 0.6) is 0 Å². The number of rotatable bonds is 5. The summed E-state index contributed by atoms with van der Waals surface area (Å²) < 4.78 is 0. The lowest BCUT2D eigenvalue weighted by atomic mass is 10.0. The first-order valence-corrected chi connectivity index (χ1v) is 6.10. The van der Waals surface area contributed by atoms with E-state index in [0.717, 1.165) is 11.1 Å². The maximum atomic E-state index is 12.0. The van der Waals surface area contributed by atoms with Gasteiger partial charge in [-0.25, -0.2) is 0 Å². The standard InChI is InChI=1S/C15H16N2O2/c1-10(18)13-7-14(17-9-13)15(19)6-11-2-4-12(8-16)5-3-11/h2-5,7,9,17H,6,8,16H2,1H3. The summed E-state index contributed by atoms with van der Waals surface area (Å²) >= 11 is 0. The van der Waals surface area contributed by atoms with Gasteiger partial charge in [0.25, 0.3) is 0 Å². The molecule has 2 aromatic rings. The highest BCUT2D eigenvalue weighted by atomic mass is 16.1. The second kappa shape index (κ2) is 5.63. The smallest absolute Gasteiger partial charge is 0.183 e. The highest BCUT2D eigenvalue weighted by molar-refractivity contribution is 6.00. The minimum Gasteiger partial charge on any atom is -0.358 e. The van der Waals surface area contributed by atoms with Crippen LogP contribution in [0.25, 0.3) is 0 Å². The summed E-state index contributed by atoms with van der Waals surface area (Å²) in [6.07, 6.45) is 1.87. The van der Waals surface area contributed by atoms with Gasteiger partial charge < -0.3 is 10.7 Å². The molecule has 1 aromatic heterocycles. The van der Waals surface area contributed by atoms with Crippen LogP contribution in [-0.4, -0.2) is 16.6 Å². The number of hydrogen-bond acceptors (Lipinski definition) is 3. The van der Waals surface area contributed by atoms with Gasteiger partial charge in [-0.3, -0.25) is 9.59 Å². The SMILES string of the molecule is CC(=O)c1c[nH]c(C(=O)Cc2ccc(CN)cc2)c1. The van der Waals surface area contributed by atoms with Crippen LogP contribution < -0.4 is 5.73 Å². The number of aromatic amines is 1.